The molecule has 1 fully saturated rings. The molecule has 1 aromatic rings. The zero-order chi connectivity index (χ0) is 19.1. The molecule has 1 N–H and O–H groups in total. The Morgan fingerprint density at radius 2 is 1.73 bits per heavy atom. The van der Waals surface area contributed by atoms with Crippen molar-refractivity contribution < 1.29 is 4.79 Å². The summed E-state index contributed by atoms with van der Waals surface area (Å²) in [5.74, 6) is 0.377. The lowest BCUT2D eigenvalue weighted by atomic mass is 10.0. The number of amides is 1. The van der Waals surface area contributed by atoms with Gasteiger partial charge in [0.1, 0.15) is 6.04 Å². The summed E-state index contributed by atoms with van der Waals surface area (Å²) in [6.07, 6.45) is 1.82. The van der Waals surface area contributed by atoms with E-state index in [0.717, 1.165) is 44.7 Å². The third kappa shape index (κ3) is 5.06. The standard InChI is InChI=1S/C21H32N4O/c1-5-17-8-7-9-18(6-2)21(17)23-20(26)15-24-10-12-25(13-11-24)19(14-22)16(3)4/h7-9,16,19H,5-6,10-13,15H2,1-4H3,(H,23,26)/t19-/m0/s1. The summed E-state index contributed by atoms with van der Waals surface area (Å²) in [4.78, 5) is 17.0. The predicted octanol–water partition coefficient (Wildman–Crippen LogP) is 2.92. The molecule has 0 radical (unpaired) electrons. The summed E-state index contributed by atoms with van der Waals surface area (Å²) in [5, 5.41) is 12.5. The minimum absolute atomic E-state index is 0.0329. The van der Waals surface area contributed by atoms with E-state index in [1.165, 1.54) is 11.1 Å². The van der Waals surface area contributed by atoms with Crippen LogP contribution in [0, 0.1) is 17.2 Å². The minimum Gasteiger partial charge on any atom is -0.324 e. The number of hydrogen-bond donors (Lipinski definition) is 1. The molecule has 1 amide bonds. The number of para-hydroxylation sites is 1. The van der Waals surface area contributed by atoms with E-state index >= 15 is 0 Å². The maximum Gasteiger partial charge on any atom is 0.238 e. The van der Waals surface area contributed by atoms with Crippen molar-refractivity contribution in [3.63, 3.8) is 0 Å². The average Bonchev–Trinajstić information content (AvgIpc) is 2.63. The lowest BCUT2D eigenvalue weighted by Gasteiger charge is -2.37. The highest BCUT2D eigenvalue weighted by atomic mass is 16.2. The molecule has 0 aliphatic carbocycles. The Labute approximate surface area is 158 Å². The molecule has 0 bridgehead atoms. The predicted molar refractivity (Wildman–Crippen MR) is 106 cm³/mol. The van der Waals surface area contributed by atoms with Crippen LogP contribution in [0.2, 0.25) is 0 Å². The van der Waals surface area contributed by atoms with Gasteiger partial charge in [0.25, 0.3) is 0 Å². The van der Waals surface area contributed by atoms with E-state index in [1.807, 2.05) is 0 Å². The number of benzene rings is 1. The number of piperazine rings is 1. The monoisotopic (exact) mass is 356 g/mol. The van der Waals surface area contributed by atoms with Crippen molar-refractivity contribution in [2.45, 2.75) is 46.6 Å². The molecule has 26 heavy (non-hydrogen) atoms. The van der Waals surface area contributed by atoms with Crippen molar-refractivity contribution >= 4 is 11.6 Å². The van der Waals surface area contributed by atoms with E-state index in [4.69, 9.17) is 0 Å². The first-order valence-electron chi connectivity index (χ1n) is 9.76. The molecule has 2 rings (SSSR count). The fourth-order valence-electron chi connectivity index (χ4n) is 3.64. The van der Waals surface area contributed by atoms with Crippen LogP contribution in [0.5, 0.6) is 0 Å². The first kappa shape index (κ1) is 20.4. The van der Waals surface area contributed by atoms with Gasteiger partial charge in [0.15, 0.2) is 0 Å². The minimum atomic E-state index is -0.0329. The molecular weight excluding hydrogens is 324 g/mol. The van der Waals surface area contributed by atoms with Crippen molar-refractivity contribution in [2.75, 3.05) is 38.0 Å². The molecule has 5 heteroatoms. The van der Waals surface area contributed by atoms with Crippen LogP contribution in [0.1, 0.15) is 38.8 Å². The van der Waals surface area contributed by atoms with Gasteiger partial charge in [-0.3, -0.25) is 14.6 Å². The Morgan fingerprint density at radius 1 is 1.15 bits per heavy atom. The number of rotatable bonds is 7. The van der Waals surface area contributed by atoms with Crippen LogP contribution in [0.3, 0.4) is 0 Å². The van der Waals surface area contributed by atoms with Crippen LogP contribution in [-0.4, -0.2) is 54.5 Å². The fraction of sp³-hybridized carbons (Fsp3) is 0.619. The van der Waals surface area contributed by atoms with Gasteiger partial charge in [-0.2, -0.15) is 5.26 Å². The Bertz CT molecular complexity index is 620. The second-order valence-corrected chi connectivity index (χ2v) is 7.34. The molecule has 1 aliphatic heterocycles. The smallest absolute Gasteiger partial charge is 0.238 e. The van der Waals surface area contributed by atoms with Gasteiger partial charge in [-0.05, 0) is 29.9 Å². The number of carbonyl (C=O) groups excluding carboxylic acids is 1. The quantitative estimate of drug-likeness (QED) is 0.816. The second kappa shape index (κ2) is 9.70. The van der Waals surface area contributed by atoms with E-state index in [-0.39, 0.29) is 11.9 Å². The summed E-state index contributed by atoms with van der Waals surface area (Å²) >= 11 is 0. The van der Waals surface area contributed by atoms with E-state index in [2.05, 4.69) is 67.1 Å². The van der Waals surface area contributed by atoms with Crippen LogP contribution in [0.25, 0.3) is 0 Å². The third-order valence-electron chi connectivity index (χ3n) is 5.19. The molecule has 0 spiro atoms. The van der Waals surface area contributed by atoms with Crippen molar-refractivity contribution in [1.29, 1.82) is 5.26 Å². The molecule has 1 saturated heterocycles. The van der Waals surface area contributed by atoms with Crippen molar-refractivity contribution in [3.8, 4) is 6.07 Å². The Balaban J connectivity index is 1.92. The van der Waals surface area contributed by atoms with Gasteiger partial charge < -0.3 is 5.32 Å². The van der Waals surface area contributed by atoms with E-state index in [0.29, 0.717) is 12.5 Å². The molecule has 1 heterocycles. The topological polar surface area (TPSA) is 59.4 Å². The van der Waals surface area contributed by atoms with E-state index in [9.17, 15) is 10.1 Å². The lowest BCUT2D eigenvalue weighted by Crippen LogP contribution is -2.52. The van der Waals surface area contributed by atoms with E-state index in [1.54, 1.807) is 0 Å². The number of nitriles is 1. The number of nitrogens with zero attached hydrogens (tertiary/aromatic N) is 3. The highest BCUT2D eigenvalue weighted by molar-refractivity contribution is 5.93. The molecule has 0 saturated carbocycles. The van der Waals surface area contributed by atoms with Crippen molar-refractivity contribution in [2.24, 2.45) is 5.92 Å². The van der Waals surface area contributed by atoms with Gasteiger partial charge in [0, 0.05) is 31.9 Å². The highest BCUT2D eigenvalue weighted by Crippen LogP contribution is 2.22. The summed E-state index contributed by atoms with van der Waals surface area (Å²) in [5.41, 5.74) is 3.37. The maximum absolute atomic E-state index is 12.6. The summed E-state index contributed by atoms with van der Waals surface area (Å²) in [6.45, 7) is 12.2. The number of nitrogens with one attached hydrogen (secondary N) is 1. The maximum atomic E-state index is 12.6. The van der Waals surface area contributed by atoms with Gasteiger partial charge in [0.05, 0.1) is 12.6 Å². The molecule has 0 unspecified atom stereocenters. The fourth-order valence-corrected chi connectivity index (χ4v) is 3.64. The largest absolute Gasteiger partial charge is 0.324 e. The molecule has 5 nitrogen and oxygen atoms in total. The average molecular weight is 357 g/mol. The summed E-state index contributed by atoms with van der Waals surface area (Å²) < 4.78 is 0. The lowest BCUT2D eigenvalue weighted by molar-refractivity contribution is -0.117. The summed E-state index contributed by atoms with van der Waals surface area (Å²) in [6, 6.07) is 8.61. The highest BCUT2D eigenvalue weighted by Gasteiger charge is 2.26. The Hall–Kier alpha value is -1.90. The third-order valence-corrected chi connectivity index (χ3v) is 5.19. The number of carbonyl (C=O) groups is 1. The van der Waals surface area contributed by atoms with Crippen LogP contribution in [0.15, 0.2) is 18.2 Å². The summed E-state index contributed by atoms with van der Waals surface area (Å²) in [7, 11) is 0. The zero-order valence-corrected chi connectivity index (χ0v) is 16.6. The number of aryl methyl sites for hydroxylation is 2. The van der Waals surface area contributed by atoms with Crippen molar-refractivity contribution in [3.05, 3.63) is 29.3 Å². The van der Waals surface area contributed by atoms with E-state index < -0.39 is 0 Å². The normalized spacial score (nSPS) is 17.1. The van der Waals surface area contributed by atoms with Crippen LogP contribution < -0.4 is 5.32 Å². The zero-order valence-electron chi connectivity index (χ0n) is 16.6. The Kier molecular flexibility index (Phi) is 7.62. The van der Waals surface area contributed by atoms with Crippen LogP contribution in [0.4, 0.5) is 5.69 Å². The first-order chi connectivity index (χ1) is 12.5. The molecule has 142 valence electrons. The van der Waals surface area contributed by atoms with Gasteiger partial charge in [-0.15, -0.1) is 0 Å². The molecule has 0 aromatic heterocycles. The number of hydrogen-bond acceptors (Lipinski definition) is 4. The Morgan fingerprint density at radius 3 is 2.19 bits per heavy atom. The van der Waals surface area contributed by atoms with Crippen molar-refractivity contribution in [1.82, 2.24) is 9.80 Å². The molecule has 1 aliphatic rings. The van der Waals surface area contributed by atoms with Crippen LogP contribution >= 0.6 is 0 Å². The molecular formula is C21H32N4O. The number of anilines is 1. The molecule has 1 atom stereocenters. The van der Waals surface area contributed by atoms with Gasteiger partial charge >= 0.3 is 0 Å². The van der Waals surface area contributed by atoms with Gasteiger partial charge in [-0.1, -0.05) is 45.9 Å². The first-order valence-corrected chi connectivity index (χ1v) is 9.76. The van der Waals surface area contributed by atoms with Gasteiger partial charge in [-0.25, -0.2) is 0 Å². The second-order valence-electron chi connectivity index (χ2n) is 7.34. The SMILES string of the molecule is CCc1cccc(CC)c1NC(=O)CN1CCN([C@@H](C#N)C(C)C)CC1. The van der Waals surface area contributed by atoms with Crippen LogP contribution in [-0.2, 0) is 17.6 Å². The molecule has 1 aromatic carbocycles. The van der Waals surface area contributed by atoms with Gasteiger partial charge in [0.2, 0.25) is 5.91 Å².